The molecule has 1 fully saturated rings. The van der Waals surface area contributed by atoms with E-state index in [1.165, 1.54) is 24.3 Å². The summed E-state index contributed by atoms with van der Waals surface area (Å²) in [6.07, 6.45) is -0.664. The Morgan fingerprint density at radius 2 is 1.55 bits per heavy atom. The summed E-state index contributed by atoms with van der Waals surface area (Å²) in [6, 6.07) is 14.7. The second-order valence-corrected chi connectivity index (χ2v) is 11.0. The molecule has 0 atom stereocenters. The van der Waals surface area contributed by atoms with Crippen LogP contribution in [0.2, 0.25) is 0 Å². The summed E-state index contributed by atoms with van der Waals surface area (Å²) < 4.78 is 57.1. The molecule has 0 spiro atoms. The fourth-order valence-electron chi connectivity index (χ4n) is 3.19. The van der Waals surface area contributed by atoms with Gasteiger partial charge in [0, 0.05) is 5.54 Å². The van der Waals surface area contributed by atoms with Crippen LogP contribution in [0.25, 0.3) is 0 Å². The van der Waals surface area contributed by atoms with E-state index in [2.05, 4.69) is 4.72 Å². The minimum Gasteiger partial charge on any atom is -0.481 e. The van der Waals surface area contributed by atoms with E-state index in [9.17, 15) is 26.7 Å². The smallest absolute Gasteiger partial charge is 0.305 e. The number of sulfonamides is 1. The maximum atomic E-state index is 12.8. The lowest BCUT2D eigenvalue weighted by molar-refractivity contribution is -0.138. The van der Waals surface area contributed by atoms with Crippen molar-refractivity contribution in [3.05, 3.63) is 54.6 Å². The largest absolute Gasteiger partial charge is 0.481 e. The van der Waals surface area contributed by atoms with Crippen LogP contribution in [0, 0.1) is 0 Å². The van der Waals surface area contributed by atoms with Crippen LogP contribution in [0.5, 0.6) is 11.5 Å². The molecule has 0 aliphatic carbocycles. The molecular formula is C19H21NO7S2. The van der Waals surface area contributed by atoms with E-state index in [0.29, 0.717) is 11.5 Å². The van der Waals surface area contributed by atoms with E-state index in [0.717, 1.165) is 0 Å². The van der Waals surface area contributed by atoms with Crippen LogP contribution >= 0.6 is 0 Å². The number of sulfone groups is 1. The number of aliphatic carboxylic acids is 1. The first kappa shape index (κ1) is 21.3. The van der Waals surface area contributed by atoms with Gasteiger partial charge in [-0.1, -0.05) is 18.2 Å². The molecule has 1 heterocycles. The average molecular weight is 440 g/mol. The van der Waals surface area contributed by atoms with Gasteiger partial charge in [-0.25, -0.2) is 21.6 Å². The summed E-state index contributed by atoms with van der Waals surface area (Å²) >= 11 is 0. The Bertz CT molecular complexity index is 1070. The fraction of sp³-hybridized carbons (Fsp3) is 0.316. The van der Waals surface area contributed by atoms with Crippen molar-refractivity contribution in [3.63, 3.8) is 0 Å². The first-order valence-corrected chi connectivity index (χ1v) is 12.2. The van der Waals surface area contributed by atoms with Gasteiger partial charge in [0.2, 0.25) is 10.0 Å². The second-order valence-electron chi connectivity index (χ2n) is 6.99. The Hall–Kier alpha value is -2.43. The second kappa shape index (κ2) is 8.13. The minimum atomic E-state index is -4.05. The summed E-state index contributed by atoms with van der Waals surface area (Å²) in [5, 5.41) is 9.20. The molecule has 29 heavy (non-hydrogen) atoms. The molecule has 0 saturated carbocycles. The summed E-state index contributed by atoms with van der Waals surface area (Å²) in [7, 11) is -7.34. The van der Waals surface area contributed by atoms with Gasteiger partial charge in [0.25, 0.3) is 0 Å². The molecule has 156 valence electrons. The highest BCUT2D eigenvalue weighted by Gasteiger charge is 2.42. The van der Waals surface area contributed by atoms with Crippen LogP contribution in [0.4, 0.5) is 0 Å². The van der Waals surface area contributed by atoms with Crippen molar-refractivity contribution in [1.82, 2.24) is 4.72 Å². The quantitative estimate of drug-likeness (QED) is 0.677. The molecule has 2 aromatic carbocycles. The molecule has 1 saturated heterocycles. The lowest BCUT2D eigenvalue weighted by atomic mass is 9.90. The highest BCUT2D eigenvalue weighted by atomic mass is 32.2. The molecule has 3 rings (SSSR count). The number of hydrogen-bond donors (Lipinski definition) is 2. The number of carbonyl (C=O) groups is 1. The molecule has 0 bridgehead atoms. The third kappa shape index (κ3) is 5.55. The molecule has 0 amide bonds. The fourth-order valence-corrected chi connectivity index (χ4v) is 6.25. The number of rotatable bonds is 7. The highest BCUT2D eigenvalue weighted by Crippen LogP contribution is 2.30. The number of benzene rings is 2. The lowest BCUT2D eigenvalue weighted by Gasteiger charge is -2.36. The number of carboxylic acids is 1. The predicted molar refractivity (Wildman–Crippen MR) is 106 cm³/mol. The Balaban J connectivity index is 1.79. The van der Waals surface area contributed by atoms with E-state index in [1.807, 2.05) is 18.2 Å². The lowest BCUT2D eigenvalue weighted by Crippen LogP contribution is -2.54. The maximum Gasteiger partial charge on any atom is 0.305 e. The zero-order valence-electron chi connectivity index (χ0n) is 15.4. The number of hydrogen-bond acceptors (Lipinski definition) is 6. The highest BCUT2D eigenvalue weighted by molar-refractivity contribution is 7.91. The van der Waals surface area contributed by atoms with Crippen molar-refractivity contribution in [2.45, 2.75) is 29.7 Å². The van der Waals surface area contributed by atoms with Crippen LogP contribution in [0.1, 0.15) is 19.3 Å². The van der Waals surface area contributed by atoms with Gasteiger partial charge in [-0.15, -0.1) is 0 Å². The summed E-state index contributed by atoms with van der Waals surface area (Å²) in [6.45, 7) is 0. The van der Waals surface area contributed by atoms with Gasteiger partial charge in [0.1, 0.15) is 21.3 Å². The topological polar surface area (TPSA) is 127 Å². The van der Waals surface area contributed by atoms with Gasteiger partial charge >= 0.3 is 5.97 Å². The molecule has 2 N–H and O–H groups in total. The molecule has 2 aromatic rings. The Kier molecular flexibility index (Phi) is 5.97. The average Bonchev–Trinajstić information content (AvgIpc) is 2.65. The van der Waals surface area contributed by atoms with Gasteiger partial charge in [-0.05, 0) is 49.2 Å². The zero-order valence-corrected chi connectivity index (χ0v) is 17.1. The Morgan fingerprint density at radius 3 is 2.10 bits per heavy atom. The zero-order chi connectivity index (χ0) is 21.1. The van der Waals surface area contributed by atoms with Gasteiger partial charge < -0.3 is 9.84 Å². The predicted octanol–water partition coefficient (Wildman–Crippen LogP) is 2.18. The van der Waals surface area contributed by atoms with Crippen LogP contribution in [-0.4, -0.2) is 45.0 Å². The number of ether oxygens (including phenoxy) is 1. The van der Waals surface area contributed by atoms with E-state index in [-0.39, 0.29) is 29.2 Å². The summed E-state index contributed by atoms with van der Waals surface area (Å²) in [5.74, 6) is -0.665. The van der Waals surface area contributed by atoms with Crippen molar-refractivity contribution in [3.8, 4) is 11.5 Å². The first-order chi connectivity index (χ1) is 13.6. The molecule has 10 heteroatoms. The SMILES string of the molecule is O=C(O)CC1(NS(=O)(=O)c2ccc(Oc3ccccc3)cc2)CCS(=O)(=O)CC1. The van der Waals surface area contributed by atoms with Crippen molar-refractivity contribution in [2.24, 2.45) is 0 Å². The van der Waals surface area contributed by atoms with Crippen molar-refractivity contribution >= 4 is 25.8 Å². The van der Waals surface area contributed by atoms with Crippen LogP contribution in [0.15, 0.2) is 59.5 Å². The van der Waals surface area contributed by atoms with Gasteiger partial charge in [0.15, 0.2) is 0 Å². The third-order valence-electron chi connectivity index (χ3n) is 4.74. The molecule has 1 aliphatic heterocycles. The Morgan fingerprint density at radius 1 is 1.00 bits per heavy atom. The normalized spacial score (nSPS) is 18.1. The van der Waals surface area contributed by atoms with E-state index < -0.39 is 37.8 Å². The van der Waals surface area contributed by atoms with E-state index >= 15 is 0 Å². The monoisotopic (exact) mass is 439 g/mol. The standard InChI is InChI=1S/C19H21NO7S2/c21-18(22)14-19(10-12-28(23,24)13-11-19)20-29(25,26)17-8-6-16(7-9-17)27-15-4-2-1-3-5-15/h1-9,20H,10-14H2,(H,21,22). The minimum absolute atomic E-state index is 0.0592. The molecule has 0 radical (unpaired) electrons. The van der Waals surface area contributed by atoms with Gasteiger partial charge in [-0.3, -0.25) is 4.79 Å². The molecule has 0 unspecified atom stereocenters. The molecule has 1 aliphatic rings. The van der Waals surface area contributed by atoms with Crippen molar-refractivity contribution < 1.29 is 31.5 Å². The molecule has 8 nitrogen and oxygen atoms in total. The molecular weight excluding hydrogens is 418 g/mol. The van der Waals surface area contributed by atoms with Gasteiger partial charge in [-0.2, -0.15) is 0 Å². The first-order valence-electron chi connectivity index (χ1n) is 8.88. The van der Waals surface area contributed by atoms with Gasteiger partial charge in [0.05, 0.1) is 22.8 Å². The summed E-state index contributed by atoms with van der Waals surface area (Å²) in [4.78, 5) is 11.2. The van der Waals surface area contributed by atoms with Crippen molar-refractivity contribution in [2.75, 3.05) is 11.5 Å². The number of para-hydroxylation sites is 1. The van der Waals surface area contributed by atoms with Crippen molar-refractivity contribution in [1.29, 1.82) is 0 Å². The van der Waals surface area contributed by atoms with Crippen LogP contribution in [-0.2, 0) is 24.7 Å². The van der Waals surface area contributed by atoms with E-state index in [1.54, 1.807) is 12.1 Å². The third-order valence-corrected chi connectivity index (χ3v) is 7.98. The number of carboxylic acid groups (broad SMARTS) is 1. The van der Waals surface area contributed by atoms with Crippen LogP contribution in [0.3, 0.4) is 0 Å². The maximum absolute atomic E-state index is 12.8. The molecule has 0 aromatic heterocycles. The van der Waals surface area contributed by atoms with Crippen LogP contribution < -0.4 is 9.46 Å². The summed E-state index contributed by atoms with van der Waals surface area (Å²) in [5.41, 5.74) is -1.34. The number of nitrogens with one attached hydrogen (secondary N) is 1. The Labute approximate surface area is 169 Å². The van der Waals surface area contributed by atoms with E-state index in [4.69, 9.17) is 4.74 Å².